The first-order chi connectivity index (χ1) is 7.65. The zero-order valence-corrected chi connectivity index (χ0v) is 8.75. The number of rotatable bonds is 6. The lowest BCUT2D eigenvalue weighted by Crippen LogP contribution is -2.10. The Morgan fingerprint density at radius 2 is 2.31 bits per heavy atom. The molecule has 0 saturated heterocycles. The zero-order valence-electron chi connectivity index (χ0n) is 8.75. The lowest BCUT2D eigenvalue weighted by Gasteiger charge is -2.05. The predicted molar refractivity (Wildman–Crippen MR) is 55.1 cm³/mol. The Morgan fingerprint density at radius 1 is 1.56 bits per heavy atom. The Hall–Kier alpha value is -1.96. The lowest BCUT2D eigenvalue weighted by atomic mass is 10.5. The van der Waals surface area contributed by atoms with Crippen molar-refractivity contribution in [2.45, 2.75) is 6.92 Å². The maximum absolute atomic E-state index is 10.6. The molecule has 0 spiro atoms. The normalized spacial score (nSPS) is 10.1. The van der Waals surface area contributed by atoms with Gasteiger partial charge in [-0.25, -0.2) is 4.98 Å². The molecule has 1 aromatic rings. The van der Waals surface area contributed by atoms with E-state index in [9.17, 15) is 10.1 Å². The number of hydrogen-bond donors (Lipinski definition) is 1. The van der Waals surface area contributed by atoms with Crippen LogP contribution in [0.3, 0.4) is 0 Å². The fourth-order valence-corrected chi connectivity index (χ4v) is 0.946. The van der Waals surface area contributed by atoms with Crippen molar-refractivity contribution in [3.8, 4) is 5.88 Å². The quantitative estimate of drug-likeness (QED) is 0.425. The summed E-state index contributed by atoms with van der Waals surface area (Å²) in [6.07, 6.45) is 1.01. The molecule has 1 rings (SSSR count). The van der Waals surface area contributed by atoms with Crippen LogP contribution in [0.5, 0.6) is 5.88 Å². The van der Waals surface area contributed by atoms with Gasteiger partial charge in [0.05, 0.1) is 11.5 Å². The van der Waals surface area contributed by atoms with Crippen molar-refractivity contribution in [2.75, 3.05) is 25.6 Å². The molecule has 0 aliphatic carbocycles. The predicted octanol–water partition coefficient (Wildman–Crippen LogP) is 0.382. The summed E-state index contributed by atoms with van der Waals surface area (Å²) in [5.74, 6) is -0.214. The third-order valence-electron chi connectivity index (χ3n) is 1.62. The molecule has 0 aromatic carbocycles. The molecule has 8 heteroatoms. The van der Waals surface area contributed by atoms with E-state index >= 15 is 0 Å². The molecule has 0 unspecified atom stereocenters. The van der Waals surface area contributed by atoms with Gasteiger partial charge in [0.15, 0.2) is 0 Å². The molecule has 1 aromatic heterocycles. The van der Waals surface area contributed by atoms with Gasteiger partial charge >= 0.3 is 5.69 Å². The van der Waals surface area contributed by atoms with E-state index in [1.54, 1.807) is 0 Å². The molecule has 88 valence electrons. The van der Waals surface area contributed by atoms with Crippen molar-refractivity contribution in [1.29, 1.82) is 0 Å². The Bertz CT molecular complexity index is 371. The van der Waals surface area contributed by atoms with Crippen molar-refractivity contribution in [1.82, 2.24) is 9.97 Å². The van der Waals surface area contributed by atoms with Crippen molar-refractivity contribution in [2.24, 2.45) is 0 Å². The SMILES string of the molecule is CCOCCOc1nc(N)ncc1[N+](=O)[O-]. The highest BCUT2D eigenvalue weighted by Crippen LogP contribution is 2.23. The van der Waals surface area contributed by atoms with Gasteiger partial charge in [0.1, 0.15) is 12.8 Å². The first-order valence-corrected chi connectivity index (χ1v) is 4.62. The fraction of sp³-hybridized carbons (Fsp3) is 0.500. The number of nitrogens with zero attached hydrogens (tertiary/aromatic N) is 3. The second-order valence-electron chi connectivity index (χ2n) is 2.72. The third-order valence-corrected chi connectivity index (χ3v) is 1.62. The highest BCUT2D eigenvalue weighted by molar-refractivity contribution is 5.41. The number of hydrogen-bond acceptors (Lipinski definition) is 7. The van der Waals surface area contributed by atoms with E-state index in [-0.39, 0.29) is 24.1 Å². The first kappa shape index (κ1) is 12.1. The van der Waals surface area contributed by atoms with Crippen LogP contribution in [-0.4, -0.2) is 34.7 Å². The van der Waals surface area contributed by atoms with Crippen molar-refractivity contribution in [3.05, 3.63) is 16.3 Å². The molecule has 0 amide bonds. The van der Waals surface area contributed by atoms with Gasteiger partial charge in [-0.15, -0.1) is 0 Å². The highest BCUT2D eigenvalue weighted by atomic mass is 16.6. The number of anilines is 1. The molecule has 8 nitrogen and oxygen atoms in total. The van der Waals surface area contributed by atoms with E-state index in [2.05, 4.69) is 9.97 Å². The van der Waals surface area contributed by atoms with Gasteiger partial charge < -0.3 is 15.2 Å². The van der Waals surface area contributed by atoms with Crippen LogP contribution in [0.25, 0.3) is 0 Å². The van der Waals surface area contributed by atoms with E-state index in [0.717, 1.165) is 6.20 Å². The number of aromatic nitrogens is 2. The summed E-state index contributed by atoms with van der Waals surface area (Å²) in [7, 11) is 0. The van der Waals surface area contributed by atoms with E-state index < -0.39 is 4.92 Å². The van der Waals surface area contributed by atoms with Crippen LogP contribution in [-0.2, 0) is 4.74 Å². The molecule has 0 aliphatic heterocycles. The van der Waals surface area contributed by atoms with Crippen molar-refractivity contribution in [3.63, 3.8) is 0 Å². The van der Waals surface area contributed by atoms with Crippen LogP contribution < -0.4 is 10.5 Å². The minimum atomic E-state index is -0.630. The number of nitrogens with two attached hydrogens (primary N) is 1. The van der Waals surface area contributed by atoms with Crippen molar-refractivity contribution < 1.29 is 14.4 Å². The maximum atomic E-state index is 10.6. The van der Waals surface area contributed by atoms with Gasteiger partial charge in [-0.3, -0.25) is 10.1 Å². The van der Waals surface area contributed by atoms with Gasteiger partial charge in [0, 0.05) is 6.61 Å². The number of ether oxygens (including phenoxy) is 2. The van der Waals surface area contributed by atoms with Crippen LogP contribution in [0.15, 0.2) is 6.20 Å². The maximum Gasteiger partial charge on any atom is 0.349 e. The lowest BCUT2D eigenvalue weighted by molar-refractivity contribution is -0.386. The molecule has 0 radical (unpaired) electrons. The molecule has 0 saturated carbocycles. The van der Waals surface area contributed by atoms with Crippen LogP contribution in [0.2, 0.25) is 0 Å². The summed E-state index contributed by atoms with van der Waals surface area (Å²) in [6.45, 7) is 2.89. The largest absolute Gasteiger partial charge is 0.470 e. The summed E-state index contributed by atoms with van der Waals surface area (Å²) in [5.41, 5.74) is 4.99. The standard InChI is InChI=1S/C8H12N4O4/c1-2-15-3-4-16-7-6(12(13)14)5-10-8(9)11-7/h5H,2-4H2,1H3,(H2,9,10,11). The summed E-state index contributed by atoms with van der Waals surface area (Å²) < 4.78 is 10.1. The Labute approximate surface area is 91.6 Å². The molecule has 0 fully saturated rings. The monoisotopic (exact) mass is 228 g/mol. The van der Waals surface area contributed by atoms with Crippen LogP contribution in [0.1, 0.15) is 6.92 Å². The second-order valence-corrected chi connectivity index (χ2v) is 2.72. The Balaban J connectivity index is 2.68. The summed E-state index contributed by atoms with van der Waals surface area (Å²) in [6, 6.07) is 0. The van der Waals surface area contributed by atoms with Crippen LogP contribution in [0.4, 0.5) is 11.6 Å². The van der Waals surface area contributed by atoms with E-state index in [1.807, 2.05) is 6.92 Å². The van der Waals surface area contributed by atoms with Gasteiger partial charge in [-0.2, -0.15) is 4.98 Å². The van der Waals surface area contributed by atoms with Crippen molar-refractivity contribution >= 4 is 11.6 Å². The van der Waals surface area contributed by atoms with Crippen LogP contribution >= 0.6 is 0 Å². The fourth-order valence-electron chi connectivity index (χ4n) is 0.946. The highest BCUT2D eigenvalue weighted by Gasteiger charge is 2.17. The summed E-state index contributed by atoms with van der Waals surface area (Å²) in [4.78, 5) is 17.1. The molecule has 1 heterocycles. The average molecular weight is 228 g/mol. The Morgan fingerprint density at radius 3 is 2.94 bits per heavy atom. The molecular weight excluding hydrogens is 216 g/mol. The second kappa shape index (κ2) is 5.81. The minimum Gasteiger partial charge on any atom is -0.470 e. The first-order valence-electron chi connectivity index (χ1n) is 4.62. The van der Waals surface area contributed by atoms with E-state index in [4.69, 9.17) is 15.2 Å². The summed E-state index contributed by atoms with van der Waals surface area (Å²) >= 11 is 0. The van der Waals surface area contributed by atoms with Gasteiger partial charge in [-0.05, 0) is 6.92 Å². The Kier molecular flexibility index (Phi) is 4.40. The smallest absolute Gasteiger partial charge is 0.349 e. The average Bonchev–Trinajstić information content (AvgIpc) is 2.24. The van der Waals surface area contributed by atoms with Gasteiger partial charge in [0.2, 0.25) is 5.95 Å². The molecular formula is C8H12N4O4. The number of nitrogen functional groups attached to an aromatic ring is 1. The molecule has 0 bridgehead atoms. The summed E-state index contributed by atoms with van der Waals surface area (Å²) in [5, 5.41) is 10.6. The molecule has 0 atom stereocenters. The van der Waals surface area contributed by atoms with Crippen LogP contribution in [0, 0.1) is 10.1 Å². The van der Waals surface area contributed by atoms with E-state index in [0.29, 0.717) is 13.2 Å². The van der Waals surface area contributed by atoms with Gasteiger partial charge in [0.25, 0.3) is 5.88 Å². The molecule has 16 heavy (non-hydrogen) atoms. The third kappa shape index (κ3) is 3.31. The minimum absolute atomic E-state index is 0.0722. The topological polar surface area (TPSA) is 113 Å². The molecule has 0 aliphatic rings. The van der Waals surface area contributed by atoms with Gasteiger partial charge in [-0.1, -0.05) is 0 Å². The number of nitro groups is 1. The molecule has 2 N–H and O–H groups in total. The van der Waals surface area contributed by atoms with E-state index in [1.165, 1.54) is 0 Å². The zero-order chi connectivity index (χ0) is 12.0.